The van der Waals surface area contributed by atoms with Crippen LogP contribution < -0.4 is 15.4 Å². The fourth-order valence-corrected chi connectivity index (χ4v) is 3.16. The number of nitro groups is 2. The van der Waals surface area contributed by atoms with Crippen LogP contribution in [0.4, 0.5) is 34.1 Å². The SMILES string of the molecule is COc1cc(N=Nc2cc(SC#N)c([N+](=O)[O-])cc2[N+](=O)[O-])c(NC(C)=O)cc1NCCC#N. The van der Waals surface area contributed by atoms with E-state index in [1.807, 2.05) is 6.07 Å². The Kier molecular flexibility index (Phi) is 8.81. The van der Waals surface area contributed by atoms with E-state index < -0.39 is 27.1 Å². The maximum Gasteiger partial charge on any atom is 0.303 e. The summed E-state index contributed by atoms with van der Waals surface area (Å²) in [6.45, 7) is 1.57. The van der Waals surface area contributed by atoms with Gasteiger partial charge in [0.25, 0.3) is 5.69 Å². The molecule has 0 aliphatic rings. The smallest absolute Gasteiger partial charge is 0.303 e. The lowest BCUT2D eigenvalue weighted by atomic mass is 10.2. The van der Waals surface area contributed by atoms with Crippen molar-refractivity contribution >= 4 is 51.8 Å². The molecule has 0 unspecified atom stereocenters. The van der Waals surface area contributed by atoms with Gasteiger partial charge in [-0.2, -0.15) is 10.5 Å². The van der Waals surface area contributed by atoms with Gasteiger partial charge in [0.15, 0.2) is 5.69 Å². The normalized spacial score (nSPS) is 10.2. The lowest BCUT2D eigenvalue weighted by Gasteiger charge is -2.14. The largest absolute Gasteiger partial charge is 0.495 e. The Labute approximate surface area is 196 Å². The summed E-state index contributed by atoms with van der Waals surface area (Å²) in [5, 5.41) is 55.4. The van der Waals surface area contributed by atoms with Gasteiger partial charge in [-0.15, -0.1) is 10.2 Å². The molecule has 0 saturated carbocycles. The number of hydrogen-bond acceptors (Lipinski definition) is 12. The summed E-state index contributed by atoms with van der Waals surface area (Å²) >= 11 is 0.447. The van der Waals surface area contributed by atoms with Crippen molar-refractivity contribution < 1.29 is 19.4 Å². The van der Waals surface area contributed by atoms with Crippen molar-refractivity contribution in [3.63, 3.8) is 0 Å². The first-order valence-corrected chi connectivity index (χ1v) is 10.1. The summed E-state index contributed by atoms with van der Waals surface area (Å²) in [7, 11) is 1.39. The number of rotatable bonds is 10. The van der Waals surface area contributed by atoms with Crippen molar-refractivity contribution in [3.05, 3.63) is 44.5 Å². The van der Waals surface area contributed by atoms with Crippen molar-refractivity contribution in [2.75, 3.05) is 24.3 Å². The second kappa shape index (κ2) is 11.7. The molecule has 0 aromatic heterocycles. The highest BCUT2D eigenvalue weighted by Gasteiger charge is 2.25. The van der Waals surface area contributed by atoms with Gasteiger partial charge in [-0.25, -0.2) is 0 Å². The van der Waals surface area contributed by atoms with Gasteiger partial charge in [0.1, 0.15) is 21.7 Å². The molecule has 0 atom stereocenters. The van der Waals surface area contributed by atoms with Crippen LogP contribution >= 0.6 is 11.8 Å². The molecule has 0 heterocycles. The van der Waals surface area contributed by atoms with Gasteiger partial charge in [0.2, 0.25) is 5.91 Å². The maximum absolute atomic E-state index is 11.7. The molecule has 2 aromatic rings. The van der Waals surface area contributed by atoms with E-state index in [-0.39, 0.29) is 28.4 Å². The van der Waals surface area contributed by atoms with Crippen molar-refractivity contribution in [2.45, 2.75) is 18.2 Å². The number of benzene rings is 2. The van der Waals surface area contributed by atoms with E-state index in [1.54, 1.807) is 5.40 Å². The Balaban J connectivity index is 2.62. The van der Waals surface area contributed by atoms with E-state index in [2.05, 4.69) is 20.9 Å². The number of carbonyl (C=O) groups excluding carboxylic acids is 1. The summed E-state index contributed by atoms with van der Waals surface area (Å²) in [5.74, 6) is -0.140. The maximum atomic E-state index is 11.7. The van der Waals surface area contributed by atoms with Crippen LogP contribution in [0, 0.1) is 42.2 Å². The number of carbonyl (C=O) groups is 1. The molecule has 0 radical (unpaired) electrons. The Morgan fingerprint density at radius 2 is 1.76 bits per heavy atom. The first-order chi connectivity index (χ1) is 16.2. The van der Waals surface area contributed by atoms with E-state index in [0.717, 1.165) is 6.07 Å². The first-order valence-electron chi connectivity index (χ1n) is 9.26. The number of amides is 1. The van der Waals surface area contributed by atoms with Gasteiger partial charge in [-0.05, 0) is 23.9 Å². The molecule has 2 N–H and O–H groups in total. The molecule has 14 nitrogen and oxygen atoms in total. The Morgan fingerprint density at radius 1 is 1.09 bits per heavy atom. The summed E-state index contributed by atoms with van der Waals surface area (Å²) in [5.41, 5.74) is -0.939. The topological polar surface area (TPSA) is 209 Å². The molecule has 2 aromatic carbocycles. The van der Waals surface area contributed by atoms with Crippen LogP contribution in [0.25, 0.3) is 0 Å². The molecule has 1 amide bonds. The number of nitrogens with one attached hydrogen (secondary N) is 2. The molecule has 0 bridgehead atoms. The molecule has 174 valence electrons. The molecule has 34 heavy (non-hydrogen) atoms. The van der Waals surface area contributed by atoms with Crippen LogP contribution in [-0.4, -0.2) is 29.4 Å². The van der Waals surface area contributed by atoms with Gasteiger partial charge in [0.05, 0.1) is 46.9 Å². The monoisotopic (exact) mass is 484 g/mol. The fourth-order valence-electron chi connectivity index (χ4n) is 2.66. The molecular formula is C19H16N8O6S. The van der Waals surface area contributed by atoms with Gasteiger partial charge >= 0.3 is 5.69 Å². The zero-order chi connectivity index (χ0) is 25.3. The minimum Gasteiger partial charge on any atom is -0.495 e. The molecular weight excluding hydrogens is 468 g/mol. The number of thioether (sulfide) groups is 1. The number of azo groups is 1. The Morgan fingerprint density at radius 3 is 2.32 bits per heavy atom. The van der Waals surface area contributed by atoms with Crippen LogP contribution in [0.2, 0.25) is 0 Å². The van der Waals surface area contributed by atoms with Crippen LogP contribution in [0.15, 0.2) is 39.4 Å². The van der Waals surface area contributed by atoms with E-state index >= 15 is 0 Å². The summed E-state index contributed by atoms with van der Waals surface area (Å²) in [6, 6.07) is 6.60. The number of thiocyanates is 1. The van der Waals surface area contributed by atoms with Gasteiger partial charge in [-0.1, -0.05) is 0 Å². The van der Waals surface area contributed by atoms with Crippen molar-refractivity contribution in [3.8, 4) is 17.2 Å². The van der Waals surface area contributed by atoms with Crippen LogP contribution in [0.3, 0.4) is 0 Å². The van der Waals surface area contributed by atoms with E-state index in [1.165, 1.54) is 26.2 Å². The number of hydrogen-bond donors (Lipinski definition) is 2. The van der Waals surface area contributed by atoms with Gasteiger partial charge < -0.3 is 15.4 Å². The zero-order valence-corrected chi connectivity index (χ0v) is 18.6. The minimum atomic E-state index is -0.861. The summed E-state index contributed by atoms with van der Waals surface area (Å²) in [6.07, 6.45) is 0.215. The molecule has 0 saturated heterocycles. The predicted octanol–water partition coefficient (Wildman–Crippen LogP) is 4.78. The minimum absolute atomic E-state index is 0.0695. The lowest BCUT2D eigenvalue weighted by Crippen LogP contribution is -2.08. The average molecular weight is 484 g/mol. The van der Waals surface area contributed by atoms with Crippen LogP contribution in [0.5, 0.6) is 5.75 Å². The molecule has 0 aliphatic heterocycles. The summed E-state index contributed by atoms with van der Waals surface area (Å²) in [4.78, 5) is 32.5. The third kappa shape index (κ3) is 6.38. The third-order valence-corrected chi connectivity index (χ3v) is 4.69. The predicted molar refractivity (Wildman–Crippen MR) is 121 cm³/mol. The van der Waals surface area contributed by atoms with Crippen molar-refractivity contribution in [1.82, 2.24) is 0 Å². The number of methoxy groups -OCH3 is 1. The molecule has 0 aliphatic carbocycles. The zero-order valence-electron chi connectivity index (χ0n) is 17.8. The quantitative estimate of drug-likeness (QED) is 0.118. The number of ether oxygens (including phenoxy) is 1. The standard InChI is InChI=1S/C19H16N8O6S/c1-11(28)23-12-6-15(22-5-3-4-20)18(33-2)7-13(12)24-25-14-8-19(34-10-21)17(27(31)32)9-16(14)26(29)30/h6-9,22H,3,5H2,1-2H3,(H,23,28). The highest BCUT2D eigenvalue weighted by Crippen LogP contribution is 2.41. The third-order valence-electron chi connectivity index (χ3n) is 4.05. The molecule has 2 rings (SSSR count). The molecule has 0 spiro atoms. The van der Waals surface area contributed by atoms with Gasteiger partial charge in [0, 0.05) is 19.5 Å². The van der Waals surface area contributed by atoms with E-state index in [9.17, 15) is 25.0 Å². The van der Waals surface area contributed by atoms with Crippen molar-refractivity contribution in [2.24, 2.45) is 10.2 Å². The highest BCUT2D eigenvalue weighted by molar-refractivity contribution is 8.03. The van der Waals surface area contributed by atoms with Crippen LogP contribution in [0.1, 0.15) is 13.3 Å². The second-order valence-electron chi connectivity index (χ2n) is 6.30. The Bertz CT molecular complexity index is 1250. The number of nitrogens with zero attached hydrogens (tertiary/aromatic N) is 6. The fraction of sp³-hybridized carbons (Fsp3) is 0.211. The second-order valence-corrected chi connectivity index (χ2v) is 7.13. The van der Waals surface area contributed by atoms with Gasteiger partial charge in [-0.3, -0.25) is 25.0 Å². The summed E-state index contributed by atoms with van der Waals surface area (Å²) < 4.78 is 5.30. The molecule has 15 heteroatoms. The average Bonchev–Trinajstić information content (AvgIpc) is 2.78. The lowest BCUT2D eigenvalue weighted by molar-refractivity contribution is -0.395. The van der Waals surface area contributed by atoms with E-state index in [0.29, 0.717) is 35.8 Å². The van der Waals surface area contributed by atoms with E-state index in [4.69, 9.17) is 15.3 Å². The van der Waals surface area contributed by atoms with Crippen LogP contribution in [-0.2, 0) is 4.79 Å². The Hall–Kier alpha value is -4.76. The van der Waals surface area contributed by atoms with Crippen molar-refractivity contribution in [1.29, 1.82) is 10.5 Å². The highest BCUT2D eigenvalue weighted by atomic mass is 32.2. The number of anilines is 2. The number of nitro benzene ring substituents is 2. The number of nitriles is 2. The molecule has 0 fully saturated rings. The first kappa shape index (κ1) is 25.5.